The lowest BCUT2D eigenvalue weighted by atomic mass is 9.97. The van der Waals surface area contributed by atoms with Crippen LogP contribution < -0.4 is 5.32 Å². The Hall–Kier alpha value is -0.520. The summed E-state index contributed by atoms with van der Waals surface area (Å²) in [7, 11) is 1.36. The van der Waals surface area contributed by atoms with Crippen molar-refractivity contribution in [1.29, 1.82) is 0 Å². The zero-order chi connectivity index (χ0) is 22.9. The molecule has 3 aliphatic rings. The van der Waals surface area contributed by atoms with E-state index in [9.17, 15) is 35.7 Å². The van der Waals surface area contributed by atoms with Crippen molar-refractivity contribution >= 4 is 0 Å². The minimum atomic E-state index is -1.64. The molecule has 13 nitrogen and oxygen atoms in total. The summed E-state index contributed by atoms with van der Waals surface area (Å²) < 4.78 is 27.4. The van der Waals surface area contributed by atoms with Crippen LogP contribution in [0.15, 0.2) is 0 Å². The summed E-state index contributed by atoms with van der Waals surface area (Å²) in [5.41, 5.74) is 0. The standard InChI is InChI=1S/C18H33NO12/c1-6-14(27-2)10(23)12(25)17(28-6)31-16-9(5-21)29-18(13(26)11(16)24)30-15-7(4-20)19-3-8(15)22/h6-26H,3-5H2,1-2H3/t6-,7-,8-,9-,10-,11-,12-,13-,14-,15-,16-,17-,18+/m1/s1. The molecule has 13 atom stereocenters. The molecule has 0 aromatic carbocycles. The monoisotopic (exact) mass is 455 g/mol. The van der Waals surface area contributed by atoms with Gasteiger partial charge in [0.1, 0.15) is 48.8 Å². The van der Waals surface area contributed by atoms with Gasteiger partial charge in [0, 0.05) is 13.7 Å². The SMILES string of the molecule is CO[C@H]1[C@H](O)[C@@H](O)[C@@H](O[C@H]2[C@H](O)[C@@H](O)[C@H](O[C@H]3[C@H](O)CN[C@@H]3CO)O[C@@H]2CO)O[C@@H]1C. The number of nitrogens with one attached hydrogen (secondary N) is 1. The largest absolute Gasteiger partial charge is 0.395 e. The van der Waals surface area contributed by atoms with Crippen LogP contribution >= 0.6 is 0 Å². The first-order valence-electron chi connectivity index (χ1n) is 10.2. The van der Waals surface area contributed by atoms with E-state index in [-0.39, 0.29) is 13.2 Å². The van der Waals surface area contributed by atoms with Crippen LogP contribution in [0, 0.1) is 0 Å². The highest BCUT2D eigenvalue weighted by Crippen LogP contribution is 2.31. The van der Waals surface area contributed by atoms with E-state index in [1.54, 1.807) is 6.92 Å². The summed E-state index contributed by atoms with van der Waals surface area (Å²) in [5.74, 6) is 0. The maximum absolute atomic E-state index is 10.6. The summed E-state index contributed by atoms with van der Waals surface area (Å²) in [6.45, 7) is 0.803. The average Bonchev–Trinajstić information content (AvgIpc) is 3.10. The van der Waals surface area contributed by atoms with Crippen molar-refractivity contribution in [2.24, 2.45) is 0 Å². The molecule has 3 fully saturated rings. The van der Waals surface area contributed by atoms with Crippen molar-refractivity contribution in [3.63, 3.8) is 0 Å². The van der Waals surface area contributed by atoms with Crippen LogP contribution in [0.1, 0.15) is 6.92 Å². The van der Waals surface area contributed by atoms with Gasteiger partial charge < -0.3 is 64.7 Å². The lowest BCUT2D eigenvalue weighted by Gasteiger charge is -2.46. The lowest BCUT2D eigenvalue weighted by molar-refractivity contribution is -0.362. The summed E-state index contributed by atoms with van der Waals surface area (Å²) in [5, 5.41) is 73.7. The number of aliphatic hydroxyl groups is 7. The quantitative estimate of drug-likeness (QED) is 0.182. The average molecular weight is 455 g/mol. The highest BCUT2D eigenvalue weighted by Gasteiger charge is 2.51. The Bertz CT molecular complexity index is 570. The summed E-state index contributed by atoms with van der Waals surface area (Å²) in [4.78, 5) is 0. The highest BCUT2D eigenvalue weighted by atomic mass is 16.7. The number of methoxy groups -OCH3 is 1. The van der Waals surface area contributed by atoms with Crippen molar-refractivity contribution in [2.45, 2.75) is 86.6 Å². The van der Waals surface area contributed by atoms with E-state index in [4.69, 9.17) is 23.7 Å². The number of aliphatic hydroxyl groups excluding tert-OH is 7. The van der Waals surface area contributed by atoms with E-state index in [2.05, 4.69) is 5.32 Å². The van der Waals surface area contributed by atoms with Gasteiger partial charge in [0.15, 0.2) is 12.6 Å². The lowest BCUT2D eigenvalue weighted by Crippen LogP contribution is -2.64. The third kappa shape index (κ3) is 5.04. The van der Waals surface area contributed by atoms with Crippen molar-refractivity contribution < 1.29 is 59.4 Å². The molecule has 0 radical (unpaired) electrons. The maximum Gasteiger partial charge on any atom is 0.187 e. The van der Waals surface area contributed by atoms with Crippen LogP contribution in [0.3, 0.4) is 0 Å². The van der Waals surface area contributed by atoms with Crippen molar-refractivity contribution in [3.8, 4) is 0 Å². The van der Waals surface area contributed by atoms with Gasteiger partial charge in [-0.15, -0.1) is 0 Å². The molecule has 0 aliphatic carbocycles. The third-order valence-electron chi connectivity index (χ3n) is 6.01. The molecule has 8 N–H and O–H groups in total. The molecule has 3 heterocycles. The van der Waals surface area contributed by atoms with Crippen LogP contribution in [0.25, 0.3) is 0 Å². The molecule has 0 aromatic heterocycles. The second kappa shape index (κ2) is 10.6. The zero-order valence-electron chi connectivity index (χ0n) is 17.3. The van der Waals surface area contributed by atoms with Crippen molar-refractivity contribution in [2.75, 3.05) is 26.9 Å². The Morgan fingerprint density at radius 2 is 1.39 bits per heavy atom. The van der Waals surface area contributed by atoms with Gasteiger partial charge in [-0.25, -0.2) is 0 Å². The van der Waals surface area contributed by atoms with Crippen LogP contribution in [-0.2, 0) is 23.7 Å². The summed E-state index contributed by atoms with van der Waals surface area (Å²) in [6, 6.07) is -0.605. The van der Waals surface area contributed by atoms with Crippen LogP contribution in [0.4, 0.5) is 0 Å². The Morgan fingerprint density at radius 3 is 1.97 bits per heavy atom. The van der Waals surface area contributed by atoms with Crippen LogP contribution in [0.2, 0.25) is 0 Å². The molecule has 0 spiro atoms. The van der Waals surface area contributed by atoms with Crippen molar-refractivity contribution in [3.05, 3.63) is 0 Å². The van der Waals surface area contributed by atoms with E-state index in [0.717, 1.165) is 0 Å². The molecule has 0 bridgehead atoms. The summed E-state index contributed by atoms with van der Waals surface area (Å²) >= 11 is 0. The van der Waals surface area contributed by atoms with Gasteiger partial charge in [-0.1, -0.05) is 0 Å². The molecule has 13 heteroatoms. The number of rotatable bonds is 7. The molecular weight excluding hydrogens is 422 g/mol. The predicted octanol–water partition coefficient (Wildman–Crippen LogP) is -5.00. The second-order valence-corrected chi connectivity index (χ2v) is 8.06. The molecule has 3 saturated heterocycles. The molecular formula is C18H33NO12. The first-order chi connectivity index (χ1) is 14.7. The Labute approximate surface area is 179 Å². The van der Waals surface area contributed by atoms with Crippen LogP contribution in [-0.4, -0.2) is 142 Å². The molecule has 0 unspecified atom stereocenters. The summed E-state index contributed by atoms with van der Waals surface area (Å²) in [6.07, 6.45) is -14.8. The van der Waals surface area contributed by atoms with Gasteiger partial charge in [-0.2, -0.15) is 0 Å². The number of ether oxygens (including phenoxy) is 5. The maximum atomic E-state index is 10.6. The van der Waals surface area contributed by atoms with Gasteiger partial charge in [-0.05, 0) is 6.92 Å². The smallest absolute Gasteiger partial charge is 0.187 e. The van der Waals surface area contributed by atoms with E-state index in [0.29, 0.717) is 0 Å². The molecule has 182 valence electrons. The van der Waals surface area contributed by atoms with Gasteiger partial charge in [0.05, 0.1) is 31.5 Å². The first kappa shape index (κ1) is 25.1. The normalized spacial score (nSPS) is 51.2. The first-order valence-corrected chi connectivity index (χ1v) is 10.2. The van der Waals surface area contributed by atoms with Crippen LogP contribution in [0.5, 0.6) is 0 Å². The van der Waals surface area contributed by atoms with Gasteiger partial charge in [-0.3, -0.25) is 0 Å². The van der Waals surface area contributed by atoms with Crippen molar-refractivity contribution in [1.82, 2.24) is 5.32 Å². The Kier molecular flexibility index (Phi) is 8.59. The molecule has 3 rings (SSSR count). The second-order valence-electron chi connectivity index (χ2n) is 8.06. The van der Waals surface area contributed by atoms with E-state index in [1.165, 1.54) is 7.11 Å². The molecule has 3 aliphatic heterocycles. The molecule has 31 heavy (non-hydrogen) atoms. The number of hydrogen-bond acceptors (Lipinski definition) is 13. The van der Waals surface area contributed by atoms with E-state index >= 15 is 0 Å². The molecule has 0 amide bonds. The Morgan fingerprint density at radius 1 is 0.806 bits per heavy atom. The Balaban J connectivity index is 1.68. The number of hydrogen-bond donors (Lipinski definition) is 8. The number of β-amino-alcohol motifs (C(OH)–C–C–N with tert-alkyl or cyclic N) is 1. The third-order valence-corrected chi connectivity index (χ3v) is 6.01. The van der Waals surface area contributed by atoms with E-state index < -0.39 is 86.3 Å². The van der Waals surface area contributed by atoms with Gasteiger partial charge >= 0.3 is 0 Å². The minimum Gasteiger partial charge on any atom is -0.395 e. The zero-order valence-corrected chi connectivity index (χ0v) is 17.3. The van der Waals surface area contributed by atoms with E-state index in [1.807, 2.05) is 0 Å². The fraction of sp³-hybridized carbons (Fsp3) is 1.00. The molecule has 0 saturated carbocycles. The molecule has 0 aromatic rings. The van der Waals surface area contributed by atoms with Gasteiger partial charge in [0.25, 0.3) is 0 Å². The van der Waals surface area contributed by atoms with Gasteiger partial charge in [0.2, 0.25) is 0 Å². The fourth-order valence-corrected chi connectivity index (χ4v) is 4.22. The fourth-order valence-electron chi connectivity index (χ4n) is 4.22. The highest BCUT2D eigenvalue weighted by molar-refractivity contribution is 4.96. The predicted molar refractivity (Wildman–Crippen MR) is 99.5 cm³/mol. The topological polar surface area (TPSA) is 200 Å². The minimum absolute atomic E-state index is 0.163.